The molecule has 124 valence electrons. The standard InChI is InChI=1S/C21H28O2/c1-19(2)12-16-13(11-18(19)22)5-6-15-14(16)7-9-20(3)17(15)8-10-21(20,4)23/h7,9,11,15,17,23H,5-6,8,10,12H2,1-4H3/t15-,17-,20-,21+/m0/s1. The Kier molecular flexibility index (Phi) is 2.99. The maximum atomic E-state index is 12.3. The van der Waals surface area contributed by atoms with Gasteiger partial charge in [-0.2, -0.15) is 0 Å². The van der Waals surface area contributed by atoms with Crippen molar-refractivity contribution in [3.63, 3.8) is 0 Å². The Labute approximate surface area is 139 Å². The van der Waals surface area contributed by atoms with Crippen molar-refractivity contribution < 1.29 is 9.90 Å². The predicted octanol–water partition coefficient (Wildman–Crippen LogP) is 4.36. The summed E-state index contributed by atoms with van der Waals surface area (Å²) < 4.78 is 0. The maximum Gasteiger partial charge on any atom is 0.161 e. The van der Waals surface area contributed by atoms with E-state index in [0.717, 1.165) is 32.1 Å². The lowest BCUT2D eigenvalue weighted by atomic mass is 9.57. The molecule has 0 aromatic rings. The Bertz CT molecular complexity index is 674. The van der Waals surface area contributed by atoms with Crippen molar-refractivity contribution in [3.8, 4) is 0 Å². The van der Waals surface area contributed by atoms with E-state index in [4.69, 9.17) is 0 Å². The average molecular weight is 312 g/mol. The van der Waals surface area contributed by atoms with Gasteiger partial charge >= 0.3 is 0 Å². The number of carbonyl (C=O) groups excluding carboxylic acids is 1. The molecule has 0 spiro atoms. The van der Waals surface area contributed by atoms with Crippen molar-refractivity contribution in [1.82, 2.24) is 0 Å². The summed E-state index contributed by atoms with van der Waals surface area (Å²) in [5.41, 5.74) is 3.19. The third-order valence-corrected chi connectivity index (χ3v) is 7.42. The average Bonchev–Trinajstić information content (AvgIpc) is 2.70. The van der Waals surface area contributed by atoms with Crippen LogP contribution in [0.25, 0.3) is 0 Å². The lowest BCUT2D eigenvalue weighted by Gasteiger charge is -2.48. The molecule has 1 N–H and O–H groups in total. The molecule has 4 rings (SSSR count). The zero-order chi connectivity index (χ0) is 16.6. The van der Waals surface area contributed by atoms with Crippen molar-refractivity contribution in [1.29, 1.82) is 0 Å². The first-order valence-electron chi connectivity index (χ1n) is 9.06. The summed E-state index contributed by atoms with van der Waals surface area (Å²) in [4.78, 5) is 12.3. The van der Waals surface area contributed by atoms with Crippen molar-refractivity contribution in [2.75, 3.05) is 0 Å². The van der Waals surface area contributed by atoms with Crippen molar-refractivity contribution in [3.05, 3.63) is 34.9 Å². The van der Waals surface area contributed by atoms with Gasteiger partial charge in [0.2, 0.25) is 0 Å². The molecule has 1 fully saturated rings. The lowest BCUT2D eigenvalue weighted by Crippen LogP contribution is -2.45. The topological polar surface area (TPSA) is 37.3 Å². The zero-order valence-electron chi connectivity index (χ0n) is 14.8. The van der Waals surface area contributed by atoms with Gasteiger partial charge in [0.1, 0.15) is 0 Å². The van der Waals surface area contributed by atoms with Gasteiger partial charge < -0.3 is 5.11 Å². The summed E-state index contributed by atoms with van der Waals surface area (Å²) in [5, 5.41) is 10.9. The fourth-order valence-electron chi connectivity index (χ4n) is 5.52. The summed E-state index contributed by atoms with van der Waals surface area (Å²) in [7, 11) is 0. The molecule has 0 bridgehead atoms. The molecule has 0 heterocycles. The fourth-order valence-corrected chi connectivity index (χ4v) is 5.52. The van der Waals surface area contributed by atoms with E-state index in [1.165, 1.54) is 16.7 Å². The monoisotopic (exact) mass is 312 g/mol. The van der Waals surface area contributed by atoms with E-state index >= 15 is 0 Å². The van der Waals surface area contributed by atoms with Crippen LogP contribution in [0, 0.1) is 22.7 Å². The third-order valence-electron chi connectivity index (χ3n) is 7.42. The second-order valence-electron chi connectivity index (χ2n) is 9.21. The first-order valence-corrected chi connectivity index (χ1v) is 9.06. The van der Waals surface area contributed by atoms with Gasteiger partial charge in [0.05, 0.1) is 5.60 Å². The van der Waals surface area contributed by atoms with Crippen molar-refractivity contribution in [2.24, 2.45) is 22.7 Å². The second kappa shape index (κ2) is 4.47. The highest BCUT2D eigenvalue weighted by atomic mass is 16.3. The van der Waals surface area contributed by atoms with Crippen LogP contribution in [0.15, 0.2) is 34.9 Å². The Balaban J connectivity index is 1.84. The number of aliphatic hydroxyl groups is 1. The minimum atomic E-state index is -0.595. The SMILES string of the molecule is CC1(C)CC2=C3C=C[C@@]4(C)[C@@H](CC[C@@]4(C)O)[C@H]3CCC2=CC1=O. The minimum Gasteiger partial charge on any atom is -0.389 e. The first kappa shape index (κ1) is 15.4. The molecule has 23 heavy (non-hydrogen) atoms. The fraction of sp³-hybridized carbons (Fsp3) is 0.667. The van der Waals surface area contributed by atoms with Crippen LogP contribution >= 0.6 is 0 Å². The Morgan fingerprint density at radius 2 is 1.91 bits per heavy atom. The van der Waals surface area contributed by atoms with Crippen LogP contribution in [0.5, 0.6) is 0 Å². The molecule has 0 radical (unpaired) electrons. The number of rotatable bonds is 0. The molecule has 4 atom stereocenters. The van der Waals surface area contributed by atoms with Crippen LogP contribution in [-0.2, 0) is 4.79 Å². The van der Waals surface area contributed by atoms with Gasteiger partial charge in [0.15, 0.2) is 5.78 Å². The Morgan fingerprint density at radius 3 is 2.65 bits per heavy atom. The largest absolute Gasteiger partial charge is 0.389 e. The molecule has 0 amide bonds. The van der Waals surface area contributed by atoms with E-state index in [9.17, 15) is 9.90 Å². The number of fused-ring (bicyclic) bond motifs is 4. The summed E-state index contributed by atoms with van der Waals surface area (Å²) >= 11 is 0. The molecule has 1 saturated carbocycles. The van der Waals surface area contributed by atoms with Crippen molar-refractivity contribution in [2.45, 2.75) is 65.4 Å². The molecule has 2 heteroatoms. The van der Waals surface area contributed by atoms with Gasteiger partial charge in [-0.05, 0) is 73.7 Å². The van der Waals surface area contributed by atoms with Gasteiger partial charge in [0.25, 0.3) is 0 Å². The van der Waals surface area contributed by atoms with E-state index in [2.05, 4.69) is 32.9 Å². The van der Waals surface area contributed by atoms with E-state index in [0.29, 0.717) is 11.8 Å². The molecular formula is C21H28O2. The smallest absolute Gasteiger partial charge is 0.161 e. The van der Waals surface area contributed by atoms with E-state index < -0.39 is 5.60 Å². The summed E-state index contributed by atoms with van der Waals surface area (Å²) in [6, 6.07) is 0. The zero-order valence-corrected chi connectivity index (χ0v) is 14.8. The van der Waals surface area contributed by atoms with Crippen LogP contribution in [0.3, 0.4) is 0 Å². The quantitative estimate of drug-likeness (QED) is 0.722. The summed E-state index contributed by atoms with van der Waals surface area (Å²) in [5.74, 6) is 1.37. The first-order chi connectivity index (χ1) is 10.7. The molecule has 4 aliphatic carbocycles. The predicted molar refractivity (Wildman–Crippen MR) is 91.8 cm³/mol. The van der Waals surface area contributed by atoms with Crippen LogP contribution in [0.4, 0.5) is 0 Å². The number of ketones is 1. The van der Waals surface area contributed by atoms with E-state index in [-0.39, 0.29) is 16.6 Å². The van der Waals surface area contributed by atoms with Gasteiger partial charge in [-0.25, -0.2) is 0 Å². The van der Waals surface area contributed by atoms with Gasteiger partial charge in [-0.15, -0.1) is 0 Å². The Morgan fingerprint density at radius 1 is 1.17 bits per heavy atom. The number of hydrogen-bond acceptors (Lipinski definition) is 2. The van der Waals surface area contributed by atoms with Gasteiger partial charge in [-0.1, -0.05) is 32.9 Å². The molecular weight excluding hydrogens is 284 g/mol. The lowest BCUT2D eigenvalue weighted by molar-refractivity contribution is -0.122. The molecule has 0 unspecified atom stereocenters. The normalized spacial score (nSPS) is 44.6. The van der Waals surface area contributed by atoms with Gasteiger partial charge in [0, 0.05) is 10.8 Å². The molecule has 0 aromatic carbocycles. The van der Waals surface area contributed by atoms with Gasteiger partial charge in [-0.3, -0.25) is 4.79 Å². The van der Waals surface area contributed by atoms with Crippen molar-refractivity contribution >= 4 is 5.78 Å². The second-order valence-corrected chi connectivity index (χ2v) is 9.21. The highest BCUT2D eigenvalue weighted by molar-refractivity contribution is 5.97. The molecule has 0 aliphatic heterocycles. The molecule has 2 nitrogen and oxygen atoms in total. The summed E-state index contributed by atoms with van der Waals surface area (Å²) in [6.07, 6.45) is 11.5. The number of carbonyl (C=O) groups is 1. The molecule has 0 aromatic heterocycles. The highest BCUT2D eigenvalue weighted by Crippen LogP contribution is 2.61. The van der Waals surface area contributed by atoms with Crippen LogP contribution < -0.4 is 0 Å². The Hall–Kier alpha value is -1.15. The van der Waals surface area contributed by atoms with E-state index in [1.807, 2.05) is 13.0 Å². The molecule has 4 aliphatic rings. The van der Waals surface area contributed by atoms with Crippen LogP contribution in [0.2, 0.25) is 0 Å². The summed E-state index contributed by atoms with van der Waals surface area (Å²) in [6.45, 7) is 8.38. The minimum absolute atomic E-state index is 0.108. The molecule has 0 saturated heterocycles. The highest BCUT2D eigenvalue weighted by Gasteiger charge is 2.57. The number of hydrogen-bond donors (Lipinski definition) is 1. The van der Waals surface area contributed by atoms with Crippen LogP contribution in [0.1, 0.15) is 59.8 Å². The van der Waals surface area contributed by atoms with E-state index in [1.54, 1.807) is 0 Å². The van der Waals surface area contributed by atoms with Crippen LogP contribution in [-0.4, -0.2) is 16.5 Å². The third kappa shape index (κ3) is 1.94. The maximum absolute atomic E-state index is 12.3. The number of allylic oxidation sites excluding steroid dienone is 5.